The molecule has 21 heavy (non-hydrogen) atoms. The van der Waals surface area contributed by atoms with Gasteiger partial charge in [0.25, 0.3) is 5.91 Å². The molecule has 0 aliphatic rings. The average Bonchev–Trinajstić information content (AvgIpc) is 2.43. The van der Waals surface area contributed by atoms with E-state index in [1.165, 1.54) is 24.3 Å². The van der Waals surface area contributed by atoms with Crippen molar-refractivity contribution >= 4 is 11.6 Å². The first-order chi connectivity index (χ1) is 9.95. The Hall–Kier alpha value is -2.57. The van der Waals surface area contributed by atoms with Crippen LogP contribution in [-0.2, 0) is 0 Å². The molecule has 0 aliphatic heterocycles. The zero-order valence-corrected chi connectivity index (χ0v) is 10.4. The number of hydrogen-bond donors (Lipinski definition) is 1. The van der Waals surface area contributed by atoms with Crippen LogP contribution in [-0.4, -0.2) is 12.5 Å². The summed E-state index contributed by atoms with van der Waals surface area (Å²) in [6.07, 6.45) is 0. The van der Waals surface area contributed by atoms with Gasteiger partial charge in [0.1, 0.15) is 17.4 Å². The second-order valence-electron chi connectivity index (χ2n) is 3.98. The van der Waals surface area contributed by atoms with Crippen molar-refractivity contribution in [3.63, 3.8) is 0 Å². The number of carbonyl (C=O) groups excluding carboxylic acids is 1. The predicted octanol–water partition coefficient (Wildman–Crippen LogP) is 3.82. The minimum atomic E-state index is -2.95. The fourth-order valence-electron chi connectivity index (χ4n) is 1.59. The van der Waals surface area contributed by atoms with Crippen molar-refractivity contribution < 1.29 is 27.1 Å². The van der Waals surface area contributed by atoms with Crippen molar-refractivity contribution in [2.75, 3.05) is 5.32 Å². The highest BCUT2D eigenvalue weighted by Gasteiger charge is 2.13. The Balaban J connectivity index is 2.10. The van der Waals surface area contributed by atoms with Gasteiger partial charge in [-0.1, -0.05) is 0 Å². The Morgan fingerprint density at radius 1 is 1.05 bits per heavy atom. The second-order valence-corrected chi connectivity index (χ2v) is 3.98. The van der Waals surface area contributed by atoms with Crippen LogP contribution in [0.15, 0.2) is 42.5 Å². The van der Waals surface area contributed by atoms with Gasteiger partial charge >= 0.3 is 6.61 Å². The van der Waals surface area contributed by atoms with Gasteiger partial charge in [0.2, 0.25) is 0 Å². The number of ether oxygens (including phenoxy) is 1. The van der Waals surface area contributed by atoms with E-state index in [1.54, 1.807) is 0 Å². The number of benzene rings is 2. The first-order valence-electron chi connectivity index (χ1n) is 5.77. The molecule has 110 valence electrons. The average molecular weight is 299 g/mol. The molecule has 0 saturated heterocycles. The molecular formula is C14H9F4NO2. The number of anilines is 1. The van der Waals surface area contributed by atoms with E-state index in [0.29, 0.717) is 0 Å². The highest BCUT2D eigenvalue weighted by atomic mass is 19.3. The first-order valence-corrected chi connectivity index (χ1v) is 5.77. The Morgan fingerprint density at radius 2 is 1.71 bits per heavy atom. The van der Waals surface area contributed by atoms with Crippen molar-refractivity contribution in [2.24, 2.45) is 0 Å². The van der Waals surface area contributed by atoms with Crippen molar-refractivity contribution in [3.8, 4) is 5.75 Å². The molecule has 0 radical (unpaired) electrons. The summed E-state index contributed by atoms with van der Waals surface area (Å²) in [5.74, 6) is -2.55. The molecule has 0 heterocycles. The Kier molecular flexibility index (Phi) is 4.42. The minimum Gasteiger partial charge on any atom is -0.435 e. The van der Waals surface area contributed by atoms with Crippen LogP contribution in [0.3, 0.4) is 0 Å². The van der Waals surface area contributed by atoms with E-state index in [9.17, 15) is 22.4 Å². The summed E-state index contributed by atoms with van der Waals surface area (Å²) in [4.78, 5) is 11.8. The first kappa shape index (κ1) is 14.8. The molecule has 0 atom stereocenters. The summed E-state index contributed by atoms with van der Waals surface area (Å²) in [6.45, 7) is -2.95. The molecule has 1 amide bonds. The van der Waals surface area contributed by atoms with Gasteiger partial charge in [-0.15, -0.1) is 0 Å². The van der Waals surface area contributed by atoms with Gasteiger partial charge in [-0.25, -0.2) is 8.78 Å². The largest absolute Gasteiger partial charge is 0.435 e. The van der Waals surface area contributed by atoms with Crippen LogP contribution < -0.4 is 10.1 Å². The number of alkyl halides is 2. The number of carbonyl (C=O) groups is 1. The normalized spacial score (nSPS) is 10.5. The van der Waals surface area contributed by atoms with Gasteiger partial charge in [-0.3, -0.25) is 4.79 Å². The minimum absolute atomic E-state index is 0.0834. The van der Waals surface area contributed by atoms with Gasteiger partial charge in [-0.2, -0.15) is 8.78 Å². The van der Waals surface area contributed by atoms with Crippen molar-refractivity contribution in [2.45, 2.75) is 6.61 Å². The molecule has 3 nitrogen and oxygen atoms in total. The van der Waals surface area contributed by atoms with Crippen molar-refractivity contribution in [3.05, 3.63) is 59.7 Å². The molecule has 0 fully saturated rings. The van der Waals surface area contributed by atoms with Gasteiger partial charge in [0.05, 0.1) is 5.56 Å². The maximum absolute atomic E-state index is 13.4. The molecule has 0 aromatic heterocycles. The maximum Gasteiger partial charge on any atom is 0.387 e. The van der Waals surface area contributed by atoms with Crippen LogP contribution in [0.25, 0.3) is 0 Å². The fraction of sp³-hybridized carbons (Fsp3) is 0.0714. The van der Waals surface area contributed by atoms with E-state index in [1.807, 2.05) is 0 Å². The molecule has 2 rings (SSSR count). The number of amides is 1. The molecule has 0 saturated carbocycles. The van der Waals surface area contributed by atoms with Crippen LogP contribution in [0.1, 0.15) is 10.4 Å². The lowest BCUT2D eigenvalue weighted by atomic mass is 10.2. The summed E-state index contributed by atoms with van der Waals surface area (Å²) in [5.41, 5.74) is -0.229. The third-order valence-electron chi connectivity index (χ3n) is 2.51. The molecule has 0 aliphatic carbocycles. The Morgan fingerprint density at radius 3 is 2.33 bits per heavy atom. The van der Waals surface area contributed by atoms with Crippen molar-refractivity contribution in [1.82, 2.24) is 0 Å². The molecule has 7 heteroatoms. The van der Waals surface area contributed by atoms with E-state index in [-0.39, 0.29) is 11.4 Å². The Labute approximate surface area is 117 Å². The third-order valence-corrected chi connectivity index (χ3v) is 2.51. The molecule has 2 aromatic carbocycles. The molecule has 1 N–H and O–H groups in total. The highest BCUT2D eigenvalue weighted by molar-refractivity contribution is 6.04. The SMILES string of the molecule is O=C(Nc1ccc(OC(F)F)cc1)c1cc(F)ccc1F. The zero-order valence-electron chi connectivity index (χ0n) is 10.4. The Bertz CT molecular complexity index is 644. The standard InChI is InChI=1S/C14H9F4NO2/c15-8-1-6-12(16)11(7-8)13(20)19-9-2-4-10(5-3-9)21-14(17)18/h1-7,14H,(H,19,20). The predicted molar refractivity (Wildman–Crippen MR) is 67.4 cm³/mol. The van der Waals surface area contributed by atoms with E-state index in [0.717, 1.165) is 18.2 Å². The van der Waals surface area contributed by atoms with Gasteiger partial charge in [-0.05, 0) is 42.5 Å². The number of rotatable bonds is 4. The number of hydrogen-bond acceptors (Lipinski definition) is 2. The highest BCUT2D eigenvalue weighted by Crippen LogP contribution is 2.19. The van der Waals surface area contributed by atoms with E-state index < -0.39 is 29.7 Å². The van der Waals surface area contributed by atoms with Gasteiger partial charge in [0, 0.05) is 5.69 Å². The summed E-state index contributed by atoms with van der Waals surface area (Å²) < 4.78 is 54.5. The smallest absolute Gasteiger partial charge is 0.387 e. The van der Waals surface area contributed by atoms with E-state index >= 15 is 0 Å². The van der Waals surface area contributed by atoms with Gasteiger partial charge in [0.15, 0.2) is 0 Å². The number of nitrogens with one attached hydrogen (secondary N) is 1. The lowest BCUT2D eigenvalue weighted by molar-refractivity contribution is -0.0498. The summed E-state index contributed by atoms with van der Waals surface area (Å²) in [6, 6.07) is 7.51. The molecule has 0 unspecified atom stereocenters. The number of halogens is 4. The monoisotopic (exact) mass is 299 g/mol. The van der Waals surface area contributed by atoms with Crippen LogP contribution in [0, 0.1) is 11.6 Å². The molecule has 0 bridgehead atoms. The fourth-order valence-corrected chi connectivity index (χ4v) is 1.59. The molecule has 2 aromatic rings. The van der Waals surface area contributed by atoms with Crippen LogP contribution in [0.4, 0.5) is 23.2 Å². The second kappa shape index (κ2) is 6.25. The topological polar surface area (TPSA) is 38.3 Å². The van der Waals surface area contributed by atoms with Crippen LogP contribution in [0.2, 0.25) is 0 Å². The quantitative estimate of drug-likeness (QED) is 0.872. The summed E-state index contributed by atoms with van der Waals surface area (Å²) >= 11 is 0. The lowest BCUT2D eigenvalue weighted by Gasteiger charge is -2.08. The maximum atomic E-state index is 13.4. The third kappa shape index (κ3) is 3.95. The van der Waals surface area contributed by atoms with Crippen molar-refractivity contribution in [1.29, 1.82) is 0 Å². The van der Waals surface area contributed by atoms with E-state index in [4.69, 9.17) is 0 Å². The summed E-state index contributed by atoms with van der Waals surface area (Å²) in [7, 11) is 0. The van der Waals surface area contributed by atoms with Gasteiger partial charge < -0.3 is 10.1 Å². The van der Waals surface area contributed by atoms with Crippen LogP contribution >= 0.6 is 0 Å². The zero-order chi connectivity index (χ0) is 15.4. The molecular weight excluding hydrogens is 290 g/mol. The molecule has 0 spiro atoms. The van der Waals surface area contributed by atoms with Crippen LogP contribution in [0.5, 0.6) is 5.75 Å². The van der Waals surface area contributed by atoms with E-state index in [2.05, 4.69) is 10.1 Å². The lowest BCUT2D eigenvalue weighted by Crippen LogP contribution is -2.14. The summed E-state index contributed by atoms with van der Waals surface area (Å²) in [5, 5.41) is 2.32.